The van der Waals surface area contributed by atoms with Crippen LogP contribution in [-0.4, -0.2) is 257 Å². The van der Waals surface area contributed by atoms with E-state index >= 15 is 0 Å². The molecule has 0 unspecified atom stereocenters. The summed E-state index contributed by atoms with van der Waals surface area (Å²) >= 11 is 0. The number of ether oxygens (including phenoxy) is 10. The first-order valence-electron chi connectivity index (χ1n) is 31.5. The highest BCUT2D eigenvalue weighted by molar-refractivity contribution is 5.87. The van der Waals surface area contributed by atoms with Gasteiger partial charge < -0.3 is 119 Å². The van der Waals surface area contributed by atoms with E-state index in [4.69, 9.17) is 47.4 Å². The Bertz CT molecular complexity index is 2590. The second kappa shape index (κ2) is 26.3. The van der Waals surface area contributed by atoms with Gasteiger partial charge in [-0.3, -0.25) is 4.79 Å². The fourth-order valence-corrected chi connectivity index (χ4v) is 17.4. The third-order valence-electron chi connectivity index (χ3n) is 23.3. The molecule has 4 aliphatic heterocycles. The zero-order valence-electron chi connectivity index (χ0n) is 52.4. The number of allylic oxidation sites excluding steroid dienone is 3. The van der Waals surface area contributed by atoms with Crippen molar-refractivity contribution in [3.63, 3.8) is 0 Å². The molecule has 0 amide bonds. The Morgan fingerprint density at radius 2 is 1.30 bits per heavy atom. The van der Waals surface area contributed by atoms with Gasteiger partial charge in [0.15, 0.2) is 31.3 Å². The molecule has 27 heteroatoms. The molecule has 9 aliphatic rings. The van der Waals surface area contributed by atoms with Gasteiger partial charge in [0.2, 0.25) is 0 Å². The van der Waals surface area contributed by atoms with Crippen molar-refractivity contribution in [3.8, 4) is 0 Å². The van der Waals surface area contributed by atoms with E-state index in [1.54, 1.807) is 26.8 Å². The van der Waals surface area contributed by atoms with Gasteiger partial charge in [0.05, 0.1) is 56.6 Å². The summed E-state index contributed by atoms with van der Waals surface area (Å²) in [6.45, 7) is 16.1. The van der Waals surface area contributed by atoms with Gasteiger partial charge in [-0.25, -0.2) is 9.59 Å². The number of fused-ring (bicyclic) bond motifs is 7. The molecule has 4 heterocycles. The molecule has 14 N–H and O–H groups in total. The molecule has 31 atom stereocenters. The van der Waals surface area contributed by atoms with Gasteiger partial charge >= 0.3 is 17.9 Å². The predicted molar refractivity (Wildman–Crippen MR) is 303 cm³/mol. The monoisotopic (exact) mass is 1270 g/mol. The summed E-state index contributed by atoms with van der Waals surface area (Å²) in [6.07, 6.45) is -32.0. The molecule has 0 spiro atoms. The Hall–Kier alpha value is -2.95. The van der Waals surface area contributed by atoms with Crippen molar-refractivity contribution in [2.24, 2.45) is 56.2 Å². The van der Waals surface area contributed by atoms with Gasteiger partial charge in [0.25, 0.3) is 0 Å². The normalized spacial score (nSPS) is 50.2. The number of carbonyl (C=O) groups excluding carboxylic acids is 2. The third kappa shape index (κ3) is 11.8. The number of esters is 2. The van der Waals surface area contributed by atoms with Crippen LogP contribution in [0.3, 0.4) is 0 Å². The molecule has 8 fully saturated rings. The standard InChI is InChI=1S/C62H98O27/c1-11-26(3)51(78)88-48-49(89-52(79)27(4)12-2)62(25-65)29(19-57(48,5)6)28-13-14-34-58(7)17-16-36(59(8,24-64)33(58)15-18-60(34,9)61(28,10)20-35(62)68)83-56-47(87-54-42(74)40(72)39(71)32(21-63)82-54)44(43(75)45(85-56)50(76)77)84-55-46(38(70)31(67)23-81-55)86-53-41(73)37(69)30(66)22-80-53/h11,13,27,29-49,53-56,63-75H,12,14-25H2,1-10H3,(H,76,77)/t27-,29+,30-,31+,32-,33-,34-,35-,36+,37+,38+,39+,40+,41-,42-,43+,44+,45+,46-,47-,48+,49+,53+,54+,55+,56-,58+,59+,60-,61-,62+/m1/s1. The zero-order valence-corrected chi connectivity index (χ0v) is 52.4. The lowest BCUT2D eigenvalue weighted by Crippen LogP contribution is -2.73. The minimum absolute atomic E-state index is 0.123. The fraction of sp³-hybridized carbons (Fsp3) is 0.887. The first kappa shape index (κ1) is 70.4. The lowest BCUT2D eigenvalue weighted by Gasteiger charge is -2.72. The Morgan fingerprint density at radius 3 is 1.92 bits per heavy atom. The van der Waals surface area contributed by atoms with Crippen molar-refractivity contribution in [2.45, 2.75) is 256 Å². The second-order valence-corrected chi connectivity index (χ2v) is 28.6. The van der Waals surface area contributed by atoms with Crippen molar-refractivity contribution in [2.75, 3.05) is 33.0 Å². The molecule has 0 aromatic rings. The van der Waals surface area contributed by atoms with Crippen molar-refractivity contribution in [1.29, 1.82) is 0 Å². The van der Waals surface area contributed by atoms with Crippen molar-refractivity contribution < 1.29 is 133 Å². The van der Waals surface area contributed by atoms with E-state index in [0.717, 1.165) is 5.57 Å². The van der Waals surface area contributed by atoms with Crippen molar-refractivity contribution in [1.82, 2.24) is 0 Å². The van der Waals surface area contributed by atoms with Gasteiger partial charge in [-0.2, -0.15) is 0 Å². The van der Waals surface area contributed by atoms with E-state index in [-0.39, 0.29) is 24.7 Å². The van der Waals surface area contributed by atoms with Crippen molar-refractivity contribution >= 4 is 17.9 Å². The topological polar surface area (TPSA) is 427 Å². The number of carbonyl (C=O) groups is 3. The summed E-state index contributed by atoms with van der Waals surface area (Å²) in [5.41, 5.74) is -4.05. The van der Waals surface area contributed by atoms with Crippen LogP contribution in [0.2, 0.25) is 0 Å². The Labute approximate surface area is 517 Å². The first-order valence-corrected chi connectivity index (χ1v) is 31.5. The average Bonchev–Trinajstić information content (AvgIpc) is 0.672. The van der Waals surface area contributed by atoms with E-state index in [1.807, 2.05) is 27.7 Å². The Morgan fingerprint density at radius 1 is 0.674 bits per heavy atom. The summed E-state index contributed by atoms with van der Waals surface area (Å²) in [7, 11) is 0. The van der Waals surface area contributed by atoms with Crippen molar-refractivity contribution in [3.05, 3.63) is 23.3 Å². The molecular formula is C62H98O27. The molecule has 4 saturated heterocycles. The van der Waals surface area contributed by atoms with Crippen LogP contribution in [0, 0.1) is 56.2 Å². The number of carboxylic acid groups (broad SMARTS) is 1. The molecule has 508 valence electrons. The van der Waals surface area contributed by atoms with Crippen LogP contribution in [-0.2, 0) is 61.8 Å². The van der Waals surface area contributed by atoms with Crippen LogP contribution in [0.4, 0.5) is 0 Å². The minimum atomic E-state index is -2.26. The molecule has 5 aliphatic carbocycles. The molecule has 0 aromatic heterocycles. The number of rotatable bonds is 17. The number of aliphatic hydroxyl groups is 13. The van der Waals surface area contributed by atoms with E-state index in [0.29, 0.717) is 44.1 Å². The molecule has 9 rings (SSSR count). The smallest absolute Gasteiger partial charge is 0.335 e. The lowest BCUT2D eigenvalue weighted by molar-refractivity contribution is -0.400. The van der Waals surface area contributed by atoms with Crippen LogP contribution < -0.4 is 0 Å². The summed E-state index contributed by atoms with van der Waals surface area (Å²) in [4.78, 5) is 40.8. The largest absolute Gasteiger partial charge is 0.479 e. The first-order chi connectivity index (χ1) is 41.7. The van der Waals surface area contributed by atoms with E-state index in [1.165, 1.54) is 0 Å². The third-order valence-corrected chi connectivity index (χ3v) is 23.3. The average molecular weight is 1280 g/mol. The molecule has 27 nitrogen and oxygen atoms in total. The number of carboxylic acids is 1. The maximum atomic E-state index is 14.0. The highest BCUT2D eigenvalue weighted by atomic mass is 16.8. The fourth-order valence-electron chi connectivity index (χ4n) is 17.4. The van der Waals surface area contributed by atoms with Gasteiger partial charge in [0, 0.05) is 16.4 Å². The molecule has 0 bridgehead atoms. The van der Waals surface area contributed by atoms with E-state index in [2.05, 4.69) is 26.8 Å². The Balaban J connectivity index is 1.05. The highest BCUT2D eigenvalue weighted by Gasteiger charge is 2.74. The Kier molecular flexibility index (Phi) is 20.8. The SMILES string of the molecule is CC=C(C)C(=O)O[C@H]1[C@H](OC(=O)[C@H](C)CC)[C@]2(CO)[C@H](O)C[C@]3(C)C(=CC[C@@H]4[C@@]5(C)CC[C@H](O[C@@H]6O[C@H](C(=O)O)[C@@H](O)[C@H](O[C@@H]7OC[C@H](O)[C@H](O)[C@H]7O[C@@H]7OC[C@@H](O)[C@H](O)[C@H]7O)[C@H]6O[C@@H]6O[C@H](CO)[C@H](O)[C@H](O)[C@H]6O)[C@@](C)(CO)[C@@H]5CC[C@]43C)[C@@H]2CC1(C)C. The number of aliphatic hydroxyl groups excluding tert-OH is 13. The van der Waals surface area contributed by atoms with E-state index < -0.39 is 230 Å². The number of hydrogen-bond donors (Lipinski definition) is 14. The summed E-state index contributed by atoms with van der Waals surface area (Å²) in [6, 6.07) is 0. The van der Waals surface area contributed by atoms with Crippen LogP contribution in [0.15, 0.2) is 23.3 Å². The predicted octanol–water partition coefficient (Wildman–Crippen LogP) is -1.19. The van der Waals surface area contributed by atoms with Gasteiger partial charge in [-0.05, 0) is 99.2 Å². The maximum absolute atomic E-state index is 14.0. The summed E-state index contributed by atoms with van der Waals surface area (Å²) in [5, 5.41) is 156. The quantitative estimate of drug-likeness (QED) is 0.0352. The second-order valence-electron chi connectivity index (χ2n) is 28.6. The number of hydrogen-bond acceptors (Lipinski definition) is 26. The van der Waals surface area contributed by atoms with E-state index in [9.17, 15) is 85.9 Å². The molecule has 89 heavy (non-hydrogen) atoms. The lowest BCUT2D eigenvalue weighted by atomic mass is 9.33. The molecular weight excluding hydrogens is 1180 g/mol. The summed E-state index contributed by atoms with van der Waals surface area (Å²) < 4.78 is 61.3. The molecule has 0 radical (unpaired) electrons. The highest BCUT2D eigenvalue weighted by Crippen LogP contribution is 2.76. The summed E-state index contributed by atoms with van der Waals surface area (Å²) in [5.74, 6) is -4.44. The van der Waals surface area contributed by atoms with Crippen LogP contribution in [0.5, 0.6) is 0 Å². The zero-order chi connectivity index (χ0) is 65.6. The minimum Gasteiger partial charge on any atom is -0.479 e. The maximum Gasteiger partial charge on any atom is 0.335 e. The molecule has 4 saturated carbocycles. The van der Waals surface area contributed by atoms with Gasteiger partial charge in [0.1, 0.15) is 91.6 Å². The van der Waals surface area contributed by atoms with Crippen LogP contribution in [0.1, 0.15) is 121 Å². The van der Waals surface area contributed by atoms with Gasteiger partial charge in [-0.15, -0.1) is 0 Å². The molecule has 0 aromatic carbocycles. The van der Waals surface area contributed by atoms with Crippen LogP contribution in [0.25, 0.3) is 0 Å². The van der Waals surface area contributed by atoms with Crippen LogP contribution >= 0.6 is 0 Å². The van der Waals surface area contributed by atoms with Gasteiger partial charge in [-0.1, -0.05) is 73.1 Å². The number of aliphatic carboxylic acids is 1.